The second kappa shape index (κ2) is 10.1. The van der Waals surface area contributed by atoms with E-state index in [4.69, 9.17) is 9.84 Å². The van der Waals surface area contributed by atoms with Crippen molar-refractivity contribution in [3.63, 3.8) is 0 Å². The van der Waals surface area contributed by atoms with Crippen LogP contribution >= 0.6 is 11.8 Å². The summed E-state index contributed by atoms with van der Waals surface area (Å²) in [6.45, 7) is 5.22. The largest absolute Gasteiger partial charge is 0.494 e. The zero-order valence-electron chi connectivity index (χ0n) is 17.0. The lowest BCUT2D eigenvalue weighted by atomic mass is 10.2. The second-order valence-electron chi connectivity index (χ2n) is 6.68. The number of aliphatic imine (C=N–C) groups is 1. The number of ether oxygens (including phenoxy) is 1. The zero-order chi connectivity index (χ0) is 21.5. The van der Waals surface area contributed by atoms with Crippen LogP contribution in [-0.4, -0.2) is 40.2 Å². The first-order chi connectivity index (χ1) is 14.5. The predicted octanol–water partition coefficient (Wildman–Crippen LogP) is 5.19. The fraction of sp³-hybridized carbons (Fsp3) is 0.261. The molecule has 0 radical (unpaired) electrons. The lowest BCUT2D eigenvalue weighted by molar-refractivity contribution is -0.122. The molecule has 0 spiro atoms. The molecule has 6 nitrogen and oxygen atoms in total. The van der Waals surface area contributed by atoms with Gasteiger partial charge in [0.2, 0.25) is 0 Å². The maximum atomic E-state index is 12.8. The van der Waals surface area contributed by atoms with E-state index in [1.54, 1.807) is 17.0 Å². The highest BCUT2D eigenvalue weighted by atomic mass is 32.2. The van der Waals surface area contributed by atoms with Crippen molar-refractivity contribution in [2.24, 2.45) is 4.99 Å². The Balaban J connectivity index is 1.77. The van der Waals surface area contributed by atoms with Crippen molar-refractivity contribution in [3.05, 3.63) is 64.6 Å². The summed E-state index contributed by atoms with van der Waals surface area (Å²) in [5, 5.41) is 9.59. The first-order valence-electron chi connectivity index (χ1n) is 9.88. The van der Waals surface area contributed by atoms with Crippen molar-refractivity contribution in [2.45, 2.75) is 26.7 Å². The van der Waals surface area contributed by atoms with Crippen molar-refractivity contribution in [1.29, 1.82) is 0 Å². The average Bonchev–Trinajstić information content (AvgIpc) is 3.03. The van der Waals surface area contributed by atoms with Crippen LogP contribution in [0, 0.1) is 0 Å². The topological polar surface area (TPSA) is 79.2 Å². The summed E-state index contributed by atoms with van der Waals surface area (Å²) in [7, 11) is 0. The van der Waals surface area contributed by atoms with Crippen LogP contribution in [0.2, 0.25) is 0 Å². The number of amidine groups is 1. The van der Waals surface area contributed by atoms with Gasteiger partial charge in [-0.1, -0.05) is 25.5 Å². The van der Waals surface area contributed by atoms with E-state index in [1.807, 2.05) is 37.3 Å². The van der Waals surface area contributed by atoms with E-state index in [1.165, 1.54) is 23.9 Å². The molecule has 30 heavy (non-hydrogen) atoms. The number of unbranched alkanes of at least 4 members (excludes halogenated alkanes) is 1. The van der Waals surface area contributed by atoms with Gasteiger partial charge < -0.3 is 9.84 Å². The number of nitrogens with zero attached hydrogens (tertiary/aromatic N) is 2. The molecule has 1 aliphatic heterocycles. The number of aromatic carboxylic acids is 1. The molecule has 1 fully saturated rings. The molecule has 1 N–H and O–H groups in total. The third-order valence-electron chi connectivity index (χ3n) is 4.49. The molecule has 0 saturated carbocycles. The van der Waals surface area contributed by atoms with Crippen LogP contribution in [0.3, 0.4) is 0 Å². The van der Waals surface area contributed by atoms with E-state index in [-0.39, 0.29) is 11.5 Å². The molecule has 2 aromatic carbocycles. The van der Waals surface area contributed by atoms with Crippen LogP contribution in [0.25, 0.3) is 6.08 Å². The highest BCUT2D eigenvalue weighted by Crippen LogP contribution is 2.34. The molecule has 0 aromatic heterocycles. The molecular formula is C23H24N2O4S. The highest BCUT2D eigenvalue weighted by Gasteiger charge is 2.32. The minimum absolute atomic E-state index is 0.0910. The Hall–Kier alpha value is -3.06. The molecule has 1 saturated heterocycles. The number of hydrogen-bond acceptors (Lipinski definition) is 5. The SMILES string of the molecule is CCCCOc1ccc(/C=C2/SC(=Nc3ccc(C(=O)O)cc3)N(CC)C2=O)cc1. The molecule has 1 aliphatic rings. The third kappa shape index (κ3) is 5.30. The van der Waals surface area contributed by atoms with Gasteiger partial charge in [-0.05, 0) is 73.1 Å². The first kappa shape index (κ1) is 21.6. The number of carbonyl (C=O) groups is 2. The van der Waals surface area contributed by atoms with Crippen molar-refractivity contribution >= 4 is 40.6 Å². The number of thioether (sulfide) groups is 1. The Morgan fingerprint density at radius 3 is 2.43 bits per heavy atom. The number of hydrogen-bond donors (Lipinski definition) is 1. The lowest BCUT2D eigenvalue weighted by Gasteiger charge is -2.12. The molecule has 1 amide bonds. The van der Waals surface area contributed by atoms with E-state index in [9.17, 15) is 9.59 Å². The number of likely N-dealkylation sites (N-methyl/N-ethyl adjacent to an activating group) is 1. The number of rotatable bonds is 8. The summed E-state index contributed by atoms with van der Waals surface area (Å²) < 4.78 is 5.68. The van der Waals surface area contributed by atoms with Gasteiger partial charge in [0, 0.05) is 6.54 Å². The van der Waals surface area contributed by atoms with Gasteiger partial charge in [0.1, 0.15) is 5.75 Å². The summed E-state index contributed by atoms with van der Waals surface area (Å²) in [5.41, 5.74) is 1.71. The molecule has 156 valence electrons. The van der Waals surface area contributed by atoms with Crippen LogP contribution in [0.4, 0.5) is 5.69 Å². The van der Waals surface area contributed by atoms with Crippen molar-refractivity contribution in [3.8, 4) is 5.75 Å². The van der Waals surface area contributed by atoms with Gasteiger partial charge in [-0.3, -0.25) is 9.69 Å². The van der Waals surface area contributed by atoms with Gasteiger partial charge in [-0.2, -0.15) is 0 Å². The van der Waals surface area contributed by atoms with Gasteiger partial charge in [-0.15, -0.1) is 0 Å². The smallest absolute Gasteiger partial charge is 0.335 e. The molecule has 1 heterocycles. The van der Waals surface area contributed by atoms with Crippen LogP contribution in [-0.2, 0) is 4.79 Å². The average molecular weight is 425 g/mol. The molecular weight excluding hydrogens is 400 g/mol. The van der Waals surface area contributed by atoms with E-state index in [2.05, 4.69) is 11.9 Å². The molecule has 0 atom stereocenters. The molecule has 2 aromatic rings. The number of amides is 1. The molecule has 3 rings (SSSR count). The van der Waals surface area contributed by atoms with E-state index in [0.29, 0.717) is 28.9 Å². The number of carbonyl (C=O) groups excluding carboxylic acids is 1. The quantitative estimate of drug-likeness (QED) is 0.466. The van der Waals surface area contributed by atoms with Gasteiger partial charge in [0.25, 0.3) is 5.91 Å². The Morgan fingerprint density at radius 1 is 1.13 bits per heavy atom. The van der Waals surface area contributed by atoms with Gasteiger partial charge >= 0.3 is 5.97 Å². The fourth-order valence-corrected chi connectivity index (χ4v) is 3.87. The van der Waals surface area contributed by atoms with Gasteiger partial charge in [0.15, 0.2) is 5.17 Å². The van der Waals surface area contributed by atoms with Crippen LogP contribution in [0.1, 0.15) is 42.6 Å². The van der Waals surface area contributed by atoms with Crippen molar-refractivity contribution in [2.75, 3.05) is 13.2 Å². The summed E-state index contributed by atoms with van der Waals surface area (Å²) in [6, 6.07) is 13.9. The predicted molar refractivity (Wildman–Crippen MR) is 120 cm³/mol. The fourth-order valence-electron chi connectivity index (χ4n) is 2.81. The summed E-state index contributed by atoms with van der Waals surface area (Å²) in [6.07, 6.45) is 3.96. The van der Waals surface area contributed by atoms with E-state index >= 15 is 0 Å². The standard InChI is InChI=1S/C23H24N2O4S/c1-3-5-14-29-19-12-6-16(7-13-19)15-20-21(26)25(4-2)23(30-20)24-18-10-8-17(9-11-18)22(27)28/h6-13,15H,3-5,14H2,1-2H3,(H,27,28)/b20-15+,24-23?. The minimum Gasteiger partial charge on any atom is -0.494 e. The maximum Gasteiger partial charge on any atom is 0.335 e. The van der Waals surface area contributed by atoms with Crippen molar-refractivity contribution < 1.29 is 19.4 Å². The van der Waals surface area contributed by atoms with Crippen LogP contribution < -0.4 is 4.74 Å². The van der Waals surface area contributed by atoms with Gasteiger partial charge in [0.05, 0.1) is 22.8 Å². The summed E-state index contributed by atoms with van der Waals surface area (Å²) in [4.78, 5) is 30.5. The third-order valence-corrected chi connectivity index (χ3v) is 5.49. The van der Waals surface area contributed by atoms with E-state index in [0.717, 1.165) is 24.2 Å². The van der Waals surface area contributed by atoms with Crippen molar-refractivity contribution in [1.82, 2.24) is 4.90 Å². The lowest BCUT2D eigenvalue weighted by Crippen LogP contribution is -2.28. The molecule has 0 aliphatic carbocycles. The normalized spacial score (nSPS) is 16.5. The zero-order valence-corrected chi connectivity index (χ0v) is 17.8. The highest BCUT2D eigenvalue weighted by molar-refractivity contribution is 8.18. The molecule has 7 heteroatoms. The number of carboxylic acids is 1. The molecule has 0 bridgehead atoms. The monoisotopic (exact) mass is 424 g/mol. The Bertz CT molecular complexity index is 966. The number of carboxylic acid groups (broad SMARTS) is 1. The molecule has 0 unspecified atom stereocenters. The summed E-state index contributed by atoms with van der Waals surface area (Å²) >= 11 is 1.31. The van der Waals surface area contributed by atoms with Crippen LogP contribution in [0.15, 0.2) is 58.4 Å². The number of benzene rings is 2. The Morgan fingerprint density at radius 2 is 1.83 bits per heavy atom. The van der Waals surface area contributed by atoms with Crippen LogP contribution in [0.5, 0.6) is 5.75 Å². The second-order valence-corrected chi connectivity index (χ2v) is 7.69. The minimum atomic E-state index is -0.984. The van der Waals surface area contributed by atoms with Gasteiger partial charge in [-0.25, -0.2) is 9.79 Å². The Kier molecular flexibility index (Phi) is 7.30. The first-order valence-corrected chi connectivity index (χ1v) is 10.7. The Labute approximate surface area is 180 Å². The maximum absolute atomic E-state index is 12.8. The van der Waals surface area contributed by atoms with E-state index < -0.39 is 5.97 Å². The summed E-state index contributed by atoms with van der Waals surface area (Å²) in [5.74, 6) is -0.258.